The molecule has 2 unspecified atom stereocenters. The predicted octanol–water partition coefficient (Wildman–Crippen LogP) is 2.06. The number of hydrogen-bond donors (Lipinski definition) is 1. The Hall–Kier alpha value is -1.39. The molecular weight excluding hydrogens is 264 g/mol. The highest BCUT2D eigenvalue weighted by atomic mass is 16.4. The smallest absolute Gasteiger partial charge is 0.308 e. The van der Waals surface area contributed by atoms with Crippen LogP contribution in [0.15, 0.2) is 30.3 Å². The lowest BCUT2D eigenvalue weighted by atomic mass is 10.0. The third-order valence-electron chi connectivity index (χ3n) is 4.92. The number of aliphatic carboxylic acids is 1. The topological polar surface area (TPSA) is 43.8 Å². The maximum Gasteiger partial charge on any atom is 0.308 e. The Morgan fingerprint density at radius 1 is 1.10 bits per heavy atom. The highest BCUT2D eigenvalue weighted by Gasteiger charge is 2.37. The molecule has 1 aromatic carbocycles. The van der Waals surface area contributed by atoms with Crippen molar-refractivity contribution in [2.24, 2.45) is 5.92 Å². The molecule has 1 aliphatic carbocycles. The molecule has 0 amide bonds. The summed E-state index contributed by atoms with van der Waals surface area (Å²) in [6.45, 7) is 5.08. The maximum atomic E-state index is 11.3. The average Bonchev–Trinajstić information content (AvgIpc) is 2.99. The van der Waals surface area contributed by atoms with Crippen molar-refractivity contribution >= 4 is 5.97 Å². The first kappa shape index (κ1) is 14.5. The van der Waals surface area contributed by atoms with Gasteiger partial charge in [0.25, 0.3) is 0 Å². The lowest BCUT2D eigenvalue weighted by molar-refractivity contribution is -0.143. The number of carboxylic acid groups (broad SMARTS) is 1. The van der Waals surface area contributed by atoms with E-state index in [4.69, 9.17) is 0 Å². The zero-order valence-corrected chi connectivity index (χ0v) is 12.4. The van der Waals surface area contributed by atoms with E-state index in [1.54, 1.807) is 0 Å². The van der Waals surface area contributed by atoms with Crippen molar-refractivity contribution in [2.45, 2.75) is 31.8 Å². The standard InChI is InChI=1S/C17H24N2O2/c20-17(21)15-7-4-8-16(15)19-11-9-18(10-12-19)13-14-5-2-1-3-6-14/h1-3,5-6,15-16H,4,7-13H2,(H,20,21). The first-order valence-corrected chi connectivity index (χ1v) is 7.97. The number of rotatable bonds is 4. The SMILES string of the molecule is O=C(O)C1CCCC1N1CCN(Cc2ccccc2)CC1. The van der Waals surface area contributed by atoms with Crippen molar-refractivity contribution in [1.29, 1.82) is 0 Å². The van der Waals surface area contributed by atoms with Crippen molar-refractivity contribution < 1.29 is 9.90 Å². The number of hydrogen-bond acceptors (Lipinski definition) is 3. The van der Waals surface area contributed by atoms with E-state index in [1.807, 2.05) is 6.07 Å². The summed E-state index contributed by atoms with van der Waals surface area (Å²) in [5, 5.41) is 9.32. The Morgan fingerprint density at radius 3 is 2.48 bits per heavy atom. The Kier molecular flexibility index (Phi) is 4.56. The lowest BCUT2D eigenvalue weighted by Crippen LogP contribution is -2.51. The molecule has 1 aromatic rings. The molecule has 0 aromatic heterocycles. The lowest BCUT2D eigenvalue weighted by Gasteiger charge is -2.39. The molecule has 3 rings (SSSR count). The Bertz CT molecular complexity index is 469. The zero-order chi connectivity index (χ0) is 14.7. The Labute approximate surface area is 126 Å². The van der Waals surface area contributed by atoms with Gasteiger partial charge in [-0.25, -0.2) is 0 Å². The van der Waals surface area contributed by atoms with Gasteiger partial charge in [0, 0.05) is 38.8 Å². The van der Waals surface area contributed by atoms with Crippen LogP contribution >= 0.6 is 0 Å². The Balaban J connectivity index is 1.52. The fraction of sp³-hybridized carbons (Fsp3) is 0.588. The second-order valence-corrected chi connectivity index (χ2v) is 6.24. The van der Waals surface area contributed by atoms with Gasteiger partial charge in [-0.05, 0) is 18.4 Å². The molecule has 114 valence electrons. The molecule has 2 fully saturated rings. The molecule has 4 heteroatoms. The summed E-state index contributed by atoms with van der Waals surface area (Å²) in [7, 11) is 0. The summed E-state index contributed by atoms with van der Waals surface area (Å²) in [5.41, 5.74) is 1.36. The van der Waals surface area contributed by atoms with Crippen LogP contribution in [0.25, 0.3) is 0 Å². The van der Waals surface area contributed by atoms with Crippen LogP contribution in [0.2, 0.25) is 0 Å². The van der Waals surface area contributed by atoms with Gasteiger partial charge in [0.15, 0.2) is 0 Å². The van der Waals surface area contributed by atoms with E-state index in [2.05, 4.69) is 34.1 Å². The molecule has 2 atom stereocenters. The highest BCUT2D eigenvalue weighted by molar-refractivity contribution is 5.71. The minimum absolute atomic E-state index is 0.148. The van der Waals surface area contributed by atoms with E-state index in [0.29, 0.717) is 0 Å². The maximum absolute atomic E-state index is 11.3. The van der Waals surface area contributed by atoms with Gasteiger partial charge in [0.05, 0.1) is 5.92 Å². The summed E-state index contributed by atoms with van der Waals surface area (Å²) >= 11 is 0. The summed E-state index contributed by atoms with van der Waals surface area (Å²) in [4.78, 5) is 16.2. The van der Waals surface area contributed by atoms with Crippen LogP contribution in [0.4, 0.5) is 0 Å². The molecule has 1 saturated carbocycles. The summed E-state index contributed by atoms with van der Waals surface area (Å²) in [6.07, 6.45) is 2.96. The normalized spacial score (nSPS) is 27.8. The number of piperazine rings is 1. The van der Waals surface area contributed by atoms with E-state index >= 15 is 0 Å². The molecule has 1 saturated heterocycles. The molecule has 1 N–H and O–H groups in total. The summed E-state index contributed by atoms with van der Waals surface area (Å²) < 4.78 is 0. The van der Waals surface area contributed by atoms with Crippen molar-refractivity contribution in [2.75, 3.05) is 26.2 Å². The number of benzene rings is 1. The van der Waals surface area contributed by atoms with Gasteiger partial charge < -0.3 is 5.11 Å². The summed E-state index contributed by atoms with van der Waals surface area (Å²) in [5.74, 6) is -0.755. The van der Waals surface area contributed by atoms with E-state index in [0.717, 1.165) is 52.0 Å². The van der Waals surface area contributed by atoms with Gasteiger partial charge in [-0.15, -0.1) is 0 Å². The molecule has 0 bridgehead atoms. The number of carboxylic acids is 1. The zero-order valence-electron chi connectivity index (χ0n) is 12.4. The second kappa shape index (κ2) is 6.58. The molecule has 21 heavy (non-hydrogen) atoms. The number of carbonyl (C=O) groups is 1. The van der Waals surface area contributed by atoms with Gasteiger partial charge in [-0.1, -0.05) is 36.8 Å². The largest absolute Gasteiger partial charge is 0.481 e. The third-order valence-corrected chi connectivity index (χ3v) is 4.92. The predicted molar refractivity (Wildman–Crippen MR) is 82.1 cm³/mol. The van der Waals surface area contributed by atoms with Crippen molar-refractivity contribution in [3.05, 3.63) is 35.9 Å². The highest BCUT2D eigenvalue weighted by Crippen LogP contribution is 2.30. The minimum Gasteiger partial charge on any atom is -0.481 e. The summed E-state index contributed by atoms with van der Waals surface area (Å²) in [6, 6.07) is 10.8. The van der Waals surface area contributed by atoms with Crippen molar-refractivity contribution in [3.8, 4) is 0 Å². The van der Waals surface area contributed by atoms with Crippen LogP contribution in [0.1, 0.15) is 24.8 Å². The van der Waals surface area contributed by atoms with Gasteiger partial charge in [-0.3, -0.25) is 14.6 Å². The monoisotopic (exact) mass is 288 g/mol. The first-order chi connectivity index (χ1) is 10.2. The average molecular weight is 288 g/mol. The molecule has 1 heterocycles. The van der Waals surface area contributed by atoms with Crippen LogP contribution < -0.4 is 0 Å². The van der Waals surface area contributed by atoms with Gasteiger partial charge in [-0.2, -0.15) is 0 Å². The molecule has 0 radical (unpaired) electrons. The van der Waals surface area contributed by atoms with E-state index in [1.165, 1.54) is 5.56 Å². The van der Waals surface area contributed by atoms with E-state index in [9.17, 15) is 9.90 Å². The van der Waals surface area contributed by atoms with Gasteiger partial charge in [0.1, 0.15) is 0 Å². The van der Waals surface area contributed by atoms with Crippen LogP contribution in [0, 0.1) is 5.92 Å². The van der Waals surface area contributed by atoms with Crippen LogP contribution in [-0.4, -0.2) is 53.1 Å². The minimum atomic E-state index is -0.607. The Morgan fingerprint density at radius 2 is 1.81 bits per heavy atom. The van der Waals surface area contributed by atoms with E-state index < -0.39 is 5.97 Å². The molecular formula is C17H24N2O2. The van der Waals surface area contributed by atoms with Crippen LogP contribution in [-0.2, 0) is 11.3 Å². The number of nitrogens with zero attached hydrogens (tertiary/aromatic N) is 2. The van der Waals surface area contributed by atoms with E-state index in [-0.39, 0.29) is 12.0 Å². The quantitative estimate of drug-likeness (QED) is 0.921. The van der Waals surface area contributed by atoms with Crippen molar-refractivity contribution in [3.63, 3.8) is 0 Å². The molecule has 1 aliphatic heterocycles. The third kappa shape index (κ3) is 3.44. The molecule has 4 nitrogen and oxygen atoms in total. The first-order valence-electron chi connectivity index (χ1n) is 7.97. The fourth-order valence-corrected chi connectivity index (χ4v) is 3.76. The van der Waals surface area contributed by atoms with Crippen molar-refractivity contribution in [1.82, 2.24) is 9.80 Å². The fourth-order valence-electron chi connectivity index (χ4n) is 3.76. The van der Waals surface area contributed by atoms with Crippen LogP contribution in [0.3, 0.4) is 0 Å². The van der Waals surface area contributed by atoms with Gasteiger partial charge >= 0.3 is 5.97 Å². The molecule has 2 aliphatic rings. The van der Waals surface area contributed by atoms with Crippen LogP contribution in [0.5, 0.6) is 0 Å². The van der Waals surface area contributed by atoms with Gasteiger partial charge in [0.2, 0.25) is 0 Å². The second-order valence-electron chi connectivity index (χ2n) is 6.24. The molecule has 0 spiro atoms.